The Morgan fingerprint density at radius 3 is 2.75 bits per heavy atom. The van der Waals surface area contributed by atoms with Gasteiger partial charge >= 0.3 is 5.97 Å². The number of ether oxygens (including phenoxy) is 1. The summed E-state index contributed by atoms with van der Waals surface area (Å²) in [4.78, 5) is 28.1. The van der Waals surface area contributed by atoms with Gasteiger partial charge < -0.3 is 4.74 Å². The zero-order valence-corrected chi connectivity index (χ0v) is 13.4. The van der Waals surface area contributed by atoms with Crippen molar-refractivity contribution in [2.45, 2.75) is 13.8 Å². The van der Waals surface area contributed by atoms with Gasteiger partial charge in [0.2, 0.25) is 0 Å². The van der Waals surface area contributed by atoms with Gasteiger partial charge in [0, 0.05) is 17.0 Å². The molecule has 0 radical (unpaired) electrons. The first-order chi connectivity index (χ1) is 9.52. The van der Waals surface area contributed by atoms with E-state index in [0.29, 0.717) is 9.88 Å². The van der Waals surface area contributed by atoms with Gasteiger partial charge in [-0.25, -0.2) is 9.78 Å². The Kier molecular flexibility index (Phi) is 4.67. The second kappa shape index (κ2) is 6.28. The summed E-state index contributed by atoms with van der Waals surface area (Å²) < 4.78 is 5.84. The number of nitrogens with zero attached hydrogens (tertiary/aromatic N) is 1. The molecule has 0 saturated carbocycles. The minimum absolute atomic E-state index is 0.0966. The maximum atomic E-state index is 11.8. The molecule has 1 aromatic carbocycles. The van der Waals surface area contributed by atoms with Crippen molar-refractivity contribution in [1.82, 2.24) is 4.98 Å². The summed E-state index contributed by atoms with van der Waals surface area (Å²) in [6.07, 6.45) is 0. The number of hydrogen-bond donors (Lipinski definition) is 0. The van der Waals surface area contributed by atoms with Gasteiger partial charge in [0.25, 0.3) is 0 Å². The quantitative estimate of drug-likeness (QED) is 0.616. The van der Waals surface area contributed by atoms with Gasteiger partial charge in [-0.2, -0.15) is 0 Å². The van der Waals surface area contributed by atoms with Crippen molar-refractivity contribution < 1.29 is 14.3 Å². The Labute approximate surface area is 128 Å². The molecule has 1 heterocycles. The van der Waals surface area contributed by atoms with Crippen LogP contribution in [0.4, 0.5) is 0 Å². The van der Waals surface area contributed by atoms with E-state index in [4.69, 9.17) is 4.74 Å². The lowest BCUT2D eigenvalue weighted by atomic mass is 10.2. The summed E-state index contributed by atoms with van der Waals surface area (Å²) in [5.41, 5.74) is 0.946. The van der Waals surface area contributed by atoms with Crippen molar-refractivity contribution in [2.24, 2.45) is 0 Å². The summed E-state index contributed by atoms with van der Waals surface area (Å²) >= 11 is 4.59. The van der Waals surface area contributed by atoms with Crippen LogP contribution in [0, 0.1) is 0 Å². The smallest absolute Gasteiger partial charge is 0.358 e. The van der Waals surface area contributed by atoms with Crippen LogP contribution in [0.25, 0.3) is 10.6 Å². The molecule has 0 unspecified atom stereocenters. The third-order valence-corrected chi connectivity index (χ3v) is 4.19. The zero-order valence-electron chi connectivity index (χ0n) is 11.0. The fourth-order valence-corrected chi connectivity index (χ4v) is 2.99. The molecule has 0 aliphatic rings. The van der Waals surface area contributed by atoms with E-state index >= 15 is 0 Å². The van der Waals surface area contributed by atoms with E-state index in [1.165, 1.54) is 18.3 Å². The number of carbonyl (C=O) groups is 2. The SMILES string of the molecule is CCOC(=O)c1nc(-c2cccc(Br)c2)sc1C(C)=O. The summed E-state index contributed by atoms with van der Waals surface area (Å²) in [6, 6.07) is 7.54. The molecule has 0 aliphatic carbocycles. The molecular formula is C14H12BrNO3S. The number of hydrogen-bond acceptors (Lipinski definition) is 5. The molecular weight excluding hydrogens is 342 g/mol. The Morgan fingerprint density at radius 1 is 1.40 bits per heavy atom. The minimum Gasteiger partial charge on any atom is -0.461 e. The van der Waals surface area contributed by atoms with Crippen LogP contribution in [0.1, 0.15) is 34.0 Å². The van der Waals surface area contributed by atoms with Gasteiger partial charge in [-0.1, -0.05) is 28.1 Å². The molecule has 0 N–H and O–H groups in total. The molecule has 0 aliphatic heterocycles. The van der Waals surface area contributed by atoms with Gasteiger partial charge in [0.05, 0.1) is 6.61 Å². The van der Waals surface area contributed by atoms with E-state index < -0.39 is 5.97 Å². The third-order valence-electron chi connectivity index (χ3n) is 2.49. The normalized spacial score (nSPS) is 10.3. The highest BCUT2D eigenvalue weighted by Crippen LogP contribution is 2.30. The molecule has 0 saturated heterocycles. The van der Waals surface area contributed by atoms with Crippen molar-refractivity contribution in [1.29, 1.82) is 0 Å². The number of carbonyl (C=O) groups excluding carboxylic acids is 2. The monoisotopic (exact) mass is 353 g/mol. The van der Waals surface area contributed by atoms with Crippen LogP contribution >= 0.6 is 27.3 Å². The van der Waals surface area contributed by atoms with Crippen LogP contribution in [-0.2, 0) is 4.74 Å². The largest absolute Gasteiger partial charge is 0.461 e. The first kappa shape index (κ1) is 14.9. The Balaban J connectivity index is 2.49. The van der Waals surface area contributed by atoms with Gasteiger partial charge in [0.15, 0.2) is 11.5 Å². The second-order valence-corrected chi connectivity index (χ2v) is 5.90. The minimum atomic E-state index is -0.560. The molecule has 4 nitrogen and oxygen atoms in total. The molecule has 20 heavy (non-hydrogen) atoms. The Bertz CT molecular complexity index is 666. The van der Waals surface area contributed by atoms with E-state index in [1.807, 2.05) is 24.3 Å². The number of rotatable bonds is 4. The topological polar surface area (TPSA) is 56.3 Å². The van der Waals surface area contributed by atoms with Crippen LogP contribution in [0.5, 0.6) is 0 Å². The summed E-state index contributed by atoms with van der Waals surface area (Å²) in [5, 5.41) is 0.625. The molecule has 2 aromatic rings. The maximum absolute atomic E-state index is 11.8. The van der Waals surface area contributed by atoms with Gasteiger partial charge in [-0.3, -0.25) is 4.79 Å². The summed E-state index contributed by atoms with van der Waals surface area (Å²) in [5.74, 6) is -0.748. The van der Waals surface area contributed by atoms with Gasteiger partial charge in [-0.05, 0) is 19.1 Å². The number of ketones is 1. The maximum Gasteiger partial charge on any atom is 0.358 e. The standard InChI is InChI=1S/C14H12BrNO3S/c1-3-19-14(18)11-12(8(2)17)20-13(16-11)9-5-4-6-10(15)7-9/h4-7H,3H2,1-2H3. The van der Waals surface area contributed by atoms with Crippen molar-refractivity contribution in [3.63, 3.8) is 0 Å². The molecule has 0 atom stereocenters. The van der Waals surface area contributed by atoms with E-state index in [9.17, 15) is 9.59 Å². The first-order valence-electron chi connectivity index (χ1n) is 5.97. The van der Waals surface area contributed by atoms with E-state index in [2.05, 4.69) is 20.9 Å². The number of aromatic nitrogens is 1. The Hall–Kier alpha value is -1.53. The van der Waals surface area contributed by atoms with Gasteiger partial charge in [-0.15, -0.1) is 11.3 Å². The highest BCUT2D eigenvalue weighted by atomic mass is 79.9. The number of thiazole rings is 1. The fraction of sp³-hybridized carbons (Fsp3) is 0.214. The second-order valence-electron chi connectivity index (χ2n) is 3.98. The predicted molar refractivity (Wildman–Crippen MR) is 81.2 cm³/mol. The lowest BCUT2D eigenvalue weighted by Crippen LogP contribution is -2.09. The van der Waals surface area contributed by atoms with Crippen LogP contribution in [-0.4, -0.2) is 23.3 Å². The number of halogens is 1. The summed E-state index contributed by atoms with van der Waals surface area (Å²) in [6.45, 7) is 3.38. The van der Waals surface area contributed by atoms with E-state index in [-0.39, 0.29) is 18.1 Å². The highest BCUT2D eigenvalue weighted by molar-refractivity contribution is 9.10. The van der Waals surface area contributed by atoms with Crippen molar-refractivity contribution in [3.8, 4) is 10.6 Å². The number of esters is 1. The first-order valence-corrected chi connectivity index (χ1v) is 7.58. The van der Waals surface area contributed by atoms with Gasteiger partial charge in [0.1, 0.15) is 9.88 Å². The van der Waals surface area contributed by atoms with Crippen LogP contribution in [0.3, 0.4) is 0 Å². The van der Waals surface area contributed by atoms with Crippen molar-refractivity contribution >= 4 is 39.0 Å². The van der Waals surface area contributed by atoms with E-state index in [1.54, 1.807) is 6.92 Å². The Morgan fingerprint density at radius 2 is 2.15 bits per heavy atom. The molecule has 0 bridgehead atoms. The lowest BCUT2D eigenvalue weighted by molar-refractivity contribution is 0.0517. The van der Waals surface area contributed by atoms with Crippen LogP contribution in [0.15, 0.2) is 28.7 Å². The molecule has 104 valence electrons. The predicted octanol–water partition coefficient (Wildman–Crippen LogP) is 3.95. The molecule has 1 aromatic heterocycles. The molecule has 6 heteroatoms. The fourth-order valence-electron chi connectivity index (χ4n) is 1.64. The third kappa shape index (κ3) is 3.13. The van der Waals surface area contributed by atoms with Crippen molar-refractivity contribution in [3.05, 3.63) is 39.3 Å². The average Bonchev–Trinajstić information content (AvgIpc) is 2.84. The van der Waals surface area contributed by atoms with Crippen LogP contribution < -0.4 is 0 Å². The summed E-state index contributed by atoms with van der Waals surface area (Å²) in [7, 11) is 0. The molecule has 0 amide bonds. The highest BCUT2D eigenvalue weighted by Gasteiger charge is 2.22. The molecule has 0 spiro atoms. The number of benzene rings is 1. The zero-order chi connectivity index (χ0) is 14.7. The average molecular weight is 354 g/mol. The molecule has 0 fully saturated rings. The van der Waals surface area contributed by atoms with Crippen molar-refractivity contribution in [2.75, 3.05) is 6.61 Å². The lowest BCUT2D eigenvalue weighted by Gasteiger charge is -1.99. The molecule has 2 rings (SSSR count). The van der Waals surface area contributed by atoms with Crippen LogP contribution in [0.2, 0.25) is 0 Å². The van der Waals surface area contributed by atoms with E-state index in [0.717, 1.165) is 10.0 Å². The number of Topliss-reactive ketones (excluding diaryl/α,β-unsaturated/α-hetero) is 1.